The van der Waals surface area contributed by atoms with Gasteiger partial charge in [0.25, 0.3) is 0 Å². The van der Waals surface area contributed by atoms with Crippen LogP contribution in [0.5, 0.6) is 0 Å². The fraction of sp³-hybridized carbons (Fsp3) is 0.333. The molecule has 0 N–H and O–H groups in total. The minimum atomic E-state index is -3.70. The number of benzene rings is 1. The Balaban J connectivity index is 1.73. The Kier molecular flexibility index (Phi) is 4.00. The Morgan fingerprint density at radius 3 is 2.72 bits per heavy atom. The molecule has 0 aliphatic carbocycles. The van der Waals surface area contributed by atoms with Crippen LogP contribution in [0.1, 0.15) is 5.56 Å². The summed E-state index contributed by atoms with van der Waals surface area (Å²) in [5.74, 6) is 0. The third-order valence-electron chi connectivity index (χ3n) is 2.42. The lowest BCUT2D eigenvalue weighted by Gasteiger charge is -2.02. The standard InChI is InChI=1S/C12H14O5S/c1-2-16-18(13,14)12-11(17-12)9-15-8-10-6-4-3-5-7-10/h2-7,11-12H,1,8-9H2. The van der Waals surface area contributed by atoms with E-state index < -0.39 is 21.7 Å². The summed E-state index contributed by atoms with van der Waals surface area (Å²) in [6.07, 6.45) is 0.414. The number of hydrogen-bond acceptors (Lipinski definition) is 5. The van der Waals surface area contributed by atoms with Crippen LogP contribution in [0.25, 0.3) is 0 Å². The molecule has 0 amide bonds. The van der Waals surface area contributed by atoms with Crippen molar-refractivity contribution in [2.24, 2.45) is 0 Å². The molecule has 1 aliphatic rings. The van der Waals surface area contributed by atoms with Gasteiger partial charge in [0.05, 0.1) is 19.5 Å². The van der Waals surface area contributed by atoms with Gasteiger partial charge in [-0.15, -0.1) is 0 Å². The van der Waals surface area contributed by atoms with E-state index in [1.807, 2.05) is 30.3 Å². The van der Waals surface area contributed by atoms with Crippen molar-refractivity contribution in [1.29, 1.82) is 0 Å². The predicted molar refractivity (Wildman–Crippen MR) is 65.0 cm³/mol. The highest BCUT2D eigenvalue weighted by atomic mass is 32.2. The topological polar surface area (TPSA) is 65.1 Å². The maximum Gasteiger partial charge on any atom is 0.338 e. The summed E-state index contributed by atoms with van der Waals surface area (Å²) < 4.78 is 37.5. The molecule has 0 aromatic heterocycles. The van der Waals surface area contributed by atoms with Crippen LogP contribution in [-0.4, -0.2) is 26.6 Å². The highest BCUT2D eigenvalue weighted by molar-refractivity contribution is 7.87. The molecule has 18 heavy (non-hydrogen) atoms. The van der Waals surface area contributed by atoms with Crippen LogP contribution in [0.15, 0.2) is 43.2 Å². The van der Waals surface area contributed by atoms with Crippen molar-refractivity contribution in [3.8, 4) is 0 Å². The summed E-state index contributed by atoms with van der Waals surface area (Å²) in [6, 6.07) is 9.61. The Morgan fingerprint density at radius 2 is 2.06 bits per heavy atom. The summed E-state index contributed by atoms with van der Waals surface area (Å²) in [4.78, 5) is 0. The molecule has 0 radical (unpaired) electrons. The quantitative estimate of drug-likeness (QED) is 0.426. The Morgan fingerprint density at radius 1 is 1.33 bits per heavy atom. The van der Waals surface area contributed by atoms with Crippen LogP contribution >= 0.6 is 0 Å². The van der Waals surface area contributed by atoms with E-state index in [9.17, 15) is 8.42 Å². The van der Waals surface area contributed by atoms with Gasteiger partial charge < -0.3 is 13.7 Å². The molecule has 1 saturated heterocycles. The zero-order valence-electron chi connectivity index (χ0n) is 9.69. The average Bonchev–Trinajstić information content (AvgIpc) is 3.11. The molecule has 1 fully saturated rings. The van der Waals surface area contributed by atoms with E-state index in [2.05, 4.69) is 10.8 Å². The van der Waals surface area contributed by atoms with Crippen molar-refractivity contribution < 1.29 is 22.1 Å². The fourth-order valence-corrected chi connectivity index (χ4v) is 2.54. The Bertz CT molecular complexity index is 496. The second kappa shape index (κ2) is 5.51. The van der Waals surface area contributed by atoms with Crippen molar-refractivity contribution in [1.82, 2.24) is 0 Å². The minimum absolute atomic E-state index is 0.222. The van der Waals surface area contributed by atoms with Gasteiger partial charge in [0, 0.05) is 0 Å². The second-order valence-electron chi connectivity index (χ2n) is 3.80. The van der Waals surface area contributed by atoms with Crippen molar-refractivity contribution in [3.05, 3.63) is 48.7 Å². The van der Waals surface area contributed by atoms with Crippen LogP contribution in [0.4, 0.5) is 0 Å². The van der Waals surface area contributed by atoms with E-state index in [4.69, 9.17) is 9.47 Å². The van der Waals surface area contributed by atoms with E-state index >= 15 is 0 Å². The molecule has 0 spiro atoms. The summed E-state index contributed by atoms with van der Waals surface area (Å²) >= 11 is 0. The monoisotopic (exact) mass is 270 g/mol. The van der Waals surface area contributed by atoms with Gasteiger partial charge in [-0.1, -0.05) is 36.9 Å². The first-order valence-electron chi connectivity index (χ1n) is 5.43. The highest BCUT2D eigenvalue weighted by Crippen LogP contribution is 2.29. The molecule has 1 aliphatic heterocycles. The lowest BCUT2D eigenvalue weighted by molar-refractivity contribution is 0.104. The number of epoxide rings is 1. The number of ether oxygens (including phenoxy) is 2. The molecular formula is C12H14O5S. The van der Waals surface area contributed by atoms with Gasteiger partial charge in [0.2, 0.25) is 5.44 Å². The van der Waals surface area contributed by atoms with Crippen molar-refractivity contribution >= 4 is 10.1 Å². The van der Waals surface area contributed by atoms with Crippen LogP contribution in [0, 0.1) is 0 Å². The van der Waals surface area contributed by atoms with E-state index in [0.717, 1.165) is 11.8 Å². The molecule has 2 unspecified atom stereocenters. The highest BCUT2D eigenvalue weighted by Gasteiger charge is 2.50. The molecule has 0 bridgehead atoms. The first-order chi connectivity index (χ1) is 8.63. The van der Waals surface area contributed by atoms with Crippen LogP contribution in [0.2, 0.25) is 0 Å². The SMILES string of the molecule is C=COS(=O)(=O)C1OC1COCc1ccccc1. The molecule has 0 saturated carbocycles. The number of rotatable bonds is 7. The second-order valence-corrected chi connectivity index (χ2v) is 5.44. The Hall–Kier alpha value is -1.37. The van der Waals surface area contributed by atoms with Crippen LogP contribution in [-0.2, 0) is 30.4 Å². The largest absolute Gasteiger partial charge is 0.389 e. The third kappa shape index (κ3) is 3.32. The zero-order chi connectivity index (χ0) is 13.0. The molecule has 2 rings (SSSR count). The molecule has 5 nitrogen and oxygen atoms in total. The average molecular weight is 270 g/mol. The van der Waals surface area contributed by atoms with Gasteiger partial charge in [-0.25, -0.2) is 0 Å². The van der Waals surface area contributed by atoms with Gasteiger partial charge in [-0.3, -0.25) is 0 Å². The molecule has 2 atom stereocenters. The maximum absolute atomic E-state index is 11.4. The normalized spacial score (nSPS) is 22.4. The zero-order valence-corrected chi connectivity index (χ0v) is 10.5. The summed E-state index contributed by atoms with van der Waals surface area (Å²) in [6.45, 7) is 3.84. The molecule has 98 valence electrons. The third-order valence-corrected chi connectivity index (χ3v) is 3.80. The van der Waals surface area contributed by atoms with Crippen molar-refractivity contribution in [2.75, 3.05) is 6.61 Å². The van der Waals surface area contributed by atoms with E-state index in [1.165, 1.54) is 0 Å². The van der Waals surface area contributed by atoms with E-state index in [0.29, 0.717) is 6.61 Å². The number of hydrogen-bond donors (Lipinski definition) is 0. The first kappa shape index (κ1) is 13.1. The molecule has 1 heterocycles. The molecule has 1 aromatic rings. The van der Waals surface area contributed by atoms with Gasteiger partial charge in [-0.05, 0) is 5.56 Å². The lowest BCUT2D eigenvalue weighted by Crippen LogP contribution is -2.14. The predicted octanol–water partition coefficient (Wildman–Crippen LogP) is 1.42. The summed E-state index contributed by atoms with van der Waals surface area (Å²) in [7, 11) is -3.70. The molecule has 6 heteroatoms. The fourth-order valence-electron chi connectivity index (χ4n) is 1.52. The van der Waals surface area contributed by atoms with Gasteiger partial charge in [-0.2, -0.15) is 8.42 Å². The van der Waals surface area contributed by atoms with Crippen molar-refractivity contribution in [3.63, 3.8) is 0 Å². The van der Waals surface area contributed by atoms with E-state index in [1.54, 1.807) is 0 Å². The summed E-state index contributed by atoms with van der Waals surface area (Å²) in [5.41, 5.74) is 0.0890. The van der Waals surface area contributed by atoms with Gasteiger partial charge in [0.1, 0.15) is 6.10 Å². The Labute approximate surface area is 106 Å². The van der Waals surface area contributed by atoms with Crippen LogP contribution in [0.3, 0.4) is 0 Å². The molecule has 1 aromatic carbocycles. The lowest BCUT2D eigenvalue weighted by atomic mass is 10.2. The van der Waals surface area contributed by atoms with E-state index in [-0.39, 0.29) is 6.61 Å². The summed E-state index contributed by atoms with van der Waals surface area (Å²) in [5, 5.41) is 0. The first-order valence-corrected chi connectivity index (χ1v) is 6.91. The minimum Gasteiger partial charge on any atom is -0.389 e. The van der Waals surface area contributed by atoms with Gasteiger partial charge >= 0.3 is 10.1 Å². The smallest absolute Gasteiger partial charge is 0.338 e. The van der Waals surface area contributed by atoms with Gasteiger partial charge in [0.15, 0.2) is 0 Å². The molecular weight excluding hydrogens is 256 g/mol. The van der Waals surface area contributed by atoms with Crippen LogP contribution < -0.4 is 0 Å². The van der Waals surface area contributed by atoms with Crippen molar-refractivity contribution in [2.45, 2.75) is 18.1 Å². The maximum atomic E-state index is 11.4.